The number of morpholine rings is 1. The molecular formula is C18H29N5O2. The lowest BCUT2D eigenvalue weighted by Gasteiger charge is -2.33. The number of carbonyl (C=O) groups excluding carboxylic acids is 1. The van der Waals surface area contributed by atoms with Gasteiger partial charge in [0, 0.05) is 44.7 Å². The molecule has 0 aliphatic carbocycles. The van der Waals surface area contributed by atoms with Gasteiger partial charge in [-0.2, -0.15) is 0 Å². The van der Waals surface area contributed by atoms with Crippen LogP contribution in [0.15, 0.2) is 12.4 Å². The Kier molecular flexibility index (Phi) is 6.07. The van der Waals surface area contributed by atoms with Crippen LogP contribution in [0, 0.1) is 5.92 Å². The van der Waals surface area contributed by atoms with Crippen molar-refractivity contribution in [3.05, 3.63) is 12.4 Å². The van der Waals surface area contributed by atoms with Gasteiger partial charge < -0.3 is 19.9 Å². The fourth-order valence-electron chi connectivity index (χ4n) is 3.35. The minimum Gasteiger partial charge on any atom is -0.378 e. The first-order chi connectivity index (χ1) is 12.1. The molecule has 7 nitrogen and oxygen atoms in total. The second-order valence-corrected chi connectivity index (χ2v) is 7.26. The highest BCUT2D eigenvalue weighted by atomic mass is 16.5. The van der Waals surface area contributed by atoms with Gasteiger partial charge in [-0.25, -0.2) is 9.97 Å². The van der Waals surface area contributed by atoms with Crippen LogP contribution in [0.5, 0.6) is 0 Å². The molecule has 0 saturated carbocycles. The minimum atomic E-state index is 0.282. The maximum absolute atomic E-state index is 12.2. The molecule has 3 heterocycles. The van der Waals surface area contributed by atoms with Gasteiger partial charge in [-0.05, 0) is 18.8 Å². The van der Waals surface area contributed by atoms with Crippen LogP contribution in [-0.2, 0) is 9.53 Å². The predicted octanol–water partition coefficient (Wildman–Crippen LogP) is 1.76. The third-order valence-corrected chi connectivity index (χ3v) is 4.77. The fraction of sp³-hybridized carbons (Fsp3) is 0.722. The Bertz CT molecular complexity index is 566. The highest BCUT2D eigenvalue weighted by Gasteiger charge is 2.23. The first kappa shape index (κ1) is 17.9. The number of carbonyl (C=O) groups is 1. The summed E-state index contributed by atoms with van der Waals surface area (Å²) in [5.41, 5.74) is 0. The molecule has 0 atom stereocenters. The van der Waals surface area contributed by atoms with E-state index in [0.29, 0.717) is 18.4 Å². The number of hydrogen-bond acceptors (Lipinski definition) is 6. The predicted molar refractivity (Wildman–Crippen MR) is 97.7 cm³/mol. The highest BCUT2D eigenvalue weighted by molar-refractivity contribution is 5.76. The van der Waals surface area contributed by atoms with E-state index >= 15 is 0 Å². The summed E-state index contributed by atoms with van der Waals surface area (Å²) in [7, 11) is 0. The molecule has 25 heavy (non-hydrogen) atoms. The molecule has 0 radical (unpaired) electrons. The van der Waals surface area contributed by atoms with E-state index in [0.717, 1.165) is 63.9 Å². The van der Waals surface area contributed by atoms with Crippen molar-refractivity contribution >= 4 is 17.5 Å². The van der Waals surface area contributed by atoms with Crippen LogP contribution < -0.4 is 10.2 Å². The Morgan fingerprint density at radius 3 is 2.64 bits per heavy atom. The zero-order valence-electron chi connectivity index (χ0n) is 15.3. The number of nitrogens with zero attached hydrogens (tertiary/aromatic N) is 4. The molecule has 0 unspecified atom stereocenters. The number of hydrogen-bond donors (Lipinski definition) is 1. The van der Waals surface area contributed by atoms with Crippen molar-refractivity contribution in [2.75, 3.05) is 49.6 Å². The van der Waals surface area contributed by atoms with Crippen molar-refractivity contribution in [3.63, 3.8) is 0 Å². The average molecular weight is 347 g/mol. The lowest BCUT2D eigenvalue weighted by atomic mass is 10.0. The third kappa shape index (κ3) is 5.04. The van der Waals surface area contributed by atoms with E-state index in [1.807, 2.05) is 11.0 Å². The van der Waals surface area contributed by atoms with Gasteiger partial charge in [0.1, 0.15) is 18.0 Å². The molecule has 0 aromatic carbocycles. The summed E-state index contributed by atoms with van der Waals surface area (Å²) in [6, 6.07) is 2.37. The molecule has 138 valence electrons. The Labute approximate surface area is 149 Å². The molecule has 1 N–H and O–H groups in total. The number of aromatic nitrogens is 2. The van der Waals surface area contributed by atoms with E-state index in [2.05, 4.69) is 34.0 Å². The number of amides is 1. The second-order valence-electron chi connectivity index (χ2n) is 7.26. The molecule has 1 amide bonds. The first-order valence-corrected chi connectivity index (χ1v) is 9.31. The molecule has 7 heteroatoms. The summed E-state index contributed by atoms with van der Waals surface area (Å²) in [6.45, 7) is 9.06. The quantitative estimate of drug-likeness (QED) is 0.875. The van der Waals surface area contributed by atoms with Crippen molar-refractivity contribution < 1.29 is 9.53 Å². The zero-order chi connectivity index (χ0) is 17.6. The molecule has 3 rings (SSSR count). The SMILES string of the molecule is CC(C)CC(=O)N1CCC(Nc2cc(N3CCOCC3)ncn2)CC1. The standard InChI is InChI=1S/C18H29N5O2/c1-14(2)11-18(24)23-5-3-15(4-6-23)21-16-12-17(20-13-19-16)22-7-9-25-10-8-22/h12-15H,3-11H2,1-2H3,(H,19,20,21). The van der Waals surface area contributed by atoms with Crippen LogP contribution in [0.1, 0.15) is 33.1 Å². The molecule has 2 aliphatic rings. The topological polar surface area (TPSA) is 70.6 Å². The molecule has 1 aromatic heterocycles. The van der Waals surface area contributed by atoms with Gasteiger partial charge in [0.05, 0.1) is 13.2 Å². The van der Waals surface area contributed by atoms with Crippen LogP contribution >= 0.6 is 0 Å². The van der Waals surface area contributed by atoms with E-state index in [1.54, 1.807) is 6.33 Å². The monoisotopic (exact) mass is 347 g/mol. The molecule has 0 spiro atoms. The third-order valence-electron chi connectivity index (χ3n) is 4.77. The summed E-state index contributed by atoms with van der Waals surface area (Å²) < 4.78 is 5.39. The van der Waals surface area contributed by atoms with Gasteiger partial charge in [0.2, 0.25) is 5.91 Å². The van der Waals surface area contributed by atoms with Gasteiger partial charge in [-0.1, -0.05) is 13.8 Å². The van der Waals surface area contributed by atoms with Crippen LogP contribution in [0.25, 0.3) is 0 Å². The molecule has 2 aliphatic heterocycles. The van der Waals surface area contributed by atoms with Gasteiger partial charge in [-0.3, -0.25) is 4.79 Å². The lowest BCUT2D eigenvalue weighted by Crippen LogP contribution is -2.42. The van der Waals surface area contributed by atoms with Crippen molar-refractivity contribution in [3.8, 4) is 0 Å². The maximum atomic E-state index is 12.2. The normalized spacial score (nSPS) is 19.3. The van der Waals surface area contributed by atoms with E-state index in [-0.39, 0.29) is 5.91 Å². The summed E-state index contributed by atoms with van der Waals surface area (Å²) in [6.07, 6.45) is 4.18. The van der Waals surface area contributed by atoms with E-state index in [4.69, 9.17) is 4.74 Å². The first-order valence-electron chi connectivity index (χ1n) is 9.31. The largest absolute Gasteiger partial charge is 0.378 e. The van der Waals surface area contributed by atoms with Crippen molar-refractivity contribution in [2.24, 2.45) is 5.92 Å². The number of rotatable bonds is 5. The summed E-state index contributed by atoms with van der Waals surface area (Å²) >= 11 is 0. The van der Waals surface area contributed by atoms with Crippen LogP contribution in [-0.4, -0.2) is 66.2 Å². The summed E-state index contributed by atoms with van der Waals surface area (Å²) in [5.74, 6) is 2.52. The van der Waals surface area contributed by atoms with Crippen LogP contribution in [0.4, 0.5) is 11.6 Å². The molecule has 0 bridgehead atoms. The molecular weight excluding hydrogens is 318 g/mol. The van der Waals surface area contributed by atoms with Crippen LogP contribution in [0.3, 0.4) is 0 Å². The zero-order valence-corrected chi connectivity index (χ0v) is 15.3. The van der Waals surface area contributed by atoms with Gasteiger partial charge in [-0.15, -0.1) is 0 Å². The number of anilines is 2. The van der Waals surface area contributed by atoms with Gasteiger partial charge in [0.25, 0.3) is 0 Å². The second kappa shape index (κ2) is 8.47. The smallest absolute Gasteiger partial charge is 0.222 e. The maximum Gasteiger partial charge on any atom is 0.222 e. The average Bonchev–Trinajstić information content (AvgIpc) is 2.63. The summed E-state index contributed by atoms with van der Waals surface area (Å²) in [4.78, 5) is 25.1. The Morgan fingerprint density at radius 1 is 1.24 bits per heavy atom. The van der Waals surface area contributed by atoms with Crippen molar-refractivity contribution in [2.45, 2.75) is 39.2 Å². The highest BCUT2D eigenvalue weighted by Crippen LogP contribution is 2.20. The number of ether oxygens (including phenoxy) is 1. The molecule has 2 saturated heterocycles. The van der Waals surface area contributed by atoms with Gasteiger partial charge >= 0.3 is 0 Å². The van der Waals surface area contributed by atoms with Crippen molar-refractivity contribution in [1.29, 1.82) is 0 Å². The lowest BCUT2D eigenvalue weighted by molar-refractivity contribution is -0.132. The Balaban J connectivity index is 1.51. The minimum absolute atomic E-state index is 0.282. The Hall–Kier alpha value is -1.89. The Morgan fingerprint density at radius 2 is 1.96 bits per heavy atom. The molecule has 2 fully saturated rings. The number of likely N-dealkylation sites (tertiary alicyclic amines) is 1. The number of nitrogens with one attached hydrogen (secondary N) is 1. The number of piperidine rings is 1. The van der Waals surface area contributed by atoms with Crippen molar-refractivity contribution in [1.82, 2.24) is 14.9 Å². The van der Waals surface area contributed by atoms with Gasteiger partial charge in [0.15, 0.2) is 0 Å². The summed E-state index contributed by atoms with van der Waals surface area (Å²) in [5, 5.41) is 3.51. The van der Waals surface area contributed by atoms with E-state index in [1.165, 1.54) is 0 Å². The van der Waals surface area contributed by atoms with E-state index in [9.17, 15) is 4.79 Å². The molecule has 1 aromatic rings. The fourth-order valence-corrected chi connectivity index (χ4v) is 3.35. The van der Waals surface area contributed by atoms with E-state index < -0.39 is 0 Å². The van der Waals surface area contributed by atoms with Crippen LogP contribution in [0.2, 0.25) is 0 Å².